The Labute approximate surface area is 50.2 Å². The average molecular weight is 110 g/mol. The predicted octanol–water partition coefficient (Wildman–Crippen LogP) is -0.150. The molecule has 2 N–H and O–H groups in total. The Morgan fingerprint density at radius 3 is 1.17 bits per heavy atom. The van der Waals surface area contributed by atoms with E-state index < -0.39 is 31.4 Å². The molecule has 6 heavy (non-hydrogen) atoms. The molecule has 0 atom stereocenters. The SMILES string of the molecule is F[C](F)(F)[Na].O. The molecule has 5 heteroatoms. The van der Waals surface area contributed by atoms with Gasteiger partial charge in [-0.25, -0.2) is 0 Å². The first-order valence-corrected chi connectivity index (χ1v) is 2.07. The van der Waals surface area contributed by atoms with Crippen LogP contribution in [0.2, 0.25) is 0 Å². The molecular formula is CH2F3NaO. The van der Waals surface area contributed by atoms with Crippen LogP contribution in [-0.4, -0.2) is 36.8 Å². The smallest absolute Gasteiger partial charge is 0.412 e. The number of alkyl halides is 3. The van der Waals surface area contributed by atoms with Crippen molar-refractivity contribution in [3.05, 3.63) is 0 Å². The van der Waals surface area contributed by atoms with Gasteiger partial charge in [0, 0.05) is 0 Å². The molecule has 0 amide bonds. The van der Waals surface area contributed by atoms with E-state index in [1.165, 1.54) is 0 Å². The maximum Gasteiger partial charge on any atom is -0.412 e. The van der Waals surface area contributed by atoms with Crippen molar-refractivity contribution in [2.24, 2.45) is 0 Å². The maximum absolute atomic E-state index is 10.4. The molecule has 1 nitrogen and oxygen atoms in total. The van der Waals surface area contributed by atoms with Crippen LogP contribution in [0.15, 0.2) is 0 Å². The van der Waals surface area contributed by atoms with Gasteiger partial charge in [0.2, 0.25) is 0 Å². The van der Waals surface area contributed by atoms with Crippen LogP contribution in [0.4, 0.5) is 13.2 Å². The summed E-state index contributed by atoms with van der Waals surface area (Å²) >= 11 is -0.692. The fourth-order valence-electron chi connectivity index (χ4n) is 0. The quantitative estimate of drug-likeness (QED) is 0.388. The van der Waals surface area contributed by atoms with Crippen molar-refractivity contribution in [3.63, 3.8) is 0 Å². The first-order chi connectivity index (χ1) is 2.00. The molecule has 0 aliphatic carbocycles. The van der Waals surface area contributed by atoms with Gasteiger partial charge in [0.1, 0.15) is 0 Å². The Morgan fingerprint density at radius 1 is 1.17 bits per heavy atom. The maximum atomic E-state index is 10.4. The largest absolute Gasteiger partial charge is 0.412 e. The van der Waals surface area contributed by atoms with Crippen LogP contribution < -0.4 is 0 Å². The molecule has 0 saturated heterocycles. The number of hydrogen-bond donors (Lipinski definition) is 0. The van der Waals surface area contributed by atoms with Gasteiger partial charge in [-0.1, -0.05) is 0 Å². The Balaban J connectivity index is 0. The van der Waals surface area contributed by atoms with Crippen molar-refractivity contribution in [3.8, 4) is 0 Å². The normalized spacial score (nSPS) is 10.2. The van der Waals surface area contributed by atoms with Gasteiger partial charge >= 0.3 is 44.5 Å². The van der Waals surface area contributed by atoms with Crippen molar-refractivity contribution in [1.29, 1.82) is 0 Å². The van der Waals surface area contributed by atoms with E-state index in [9.17, 15) is 13.2 Å². The van der Waals surface area contributed by atoms with E-state index in [0.29, 0.717) is 0 Å². The van der Waals surface area contributed by atoms with Crippen LogP contribution in [0, 0.1) is 0 Å². The summed E-state index contributed by atoms with van der Waals surface area (Å²) in [5.74, 6) is 0. The second-order valence-corrected chi connectivity index (χ2v) is 1.92. The summed E-state index contributed by atoms with van der Waals surface area (Å²) in [6, 6.07) is 0. The van der Waals surface area contributed by atoms with Crippen LogP contribution >= 0.6 is 0 Å². The zero-order valence-electron chi connectivity index (χ0n) is 3.13. The minimum Gasteiger partial charge on any atom is -0.412 e. The van der Waals surface area contributed by atoms with E-state index in [1.807, 2.05) is 0 Å². The van der Waals surface area contributed by atoms with E-state index >= 15 is 0 Å². The summed E-state index contributed by atoms with van der Waals surface area (Å²) < 4.78 is 27.4. The molecule has 0 spiro atoms. The molecule has 0 aliphatic heterocycles. The molecule has 0 fully saturated rings. The molecule has 0 aromatic rings. The summed E-state index contributed by atoms with van der Waals surface area (Å²) in [7, 11) is 0. The summed E-state index contributed by atoms with van der Waals surface area (Å²) in [6.07, 6.45) is 0. The fourth-order valence-corrected chi connectivity index (χ4v) is 0. The molecule has 0 heterocycles. The molecule has 0 aliphatic rings. The van der Waals surface area contributed by atoms with Gasteiger partial charge in [-0.15, -0.1) is 0 Å². The number of rotatable bonds is 0. The first-order valence-electron chi connectivity index (χ1n) is 1.07. The first kappa shape index (κ1) is 9.89. The van der Waals surface area contributed by atoms with Crippen LogP contribution in [0.25, 0.3) is 0 Å². The van der Waals surface area contributed by atoms with E-state index in [2.05, 4.69) is 0 Å². The van der Waals surface area contributed by atoms with E-state index in [-0.39, 0.29) is 5.48 Å². The van der Waals surface area contributed by atoms with Crippen molar-refractivity contribution >= 4 is 27.9 Å². The second-order valence-electron chi connectivity index (χ2n) is 0.781. The van der Waals surface area contributed by atoms with Crippen LogP contribution in [0.5, 0.6) is 0 Å². The van der Waals surface area contributed by atoms with Crippen LogP contribution in [-0.2, 0) is 0 Å². The molecule has 0 radical (unpaired) electrons. The second kappa shape index (κ2) is 2.85. The molecule has 0 aromatic carbocycles. The Kier molecular flexibility index (Phi) is 4.69. The topological polar surface area (TPSA) is 31.5 Å². The van der Waals surface area contributed by atoms with Gasteiger partial charge in [0.25, 0.3) is 0 Å². The predicted molar refractivity (Wildman–Crippen MR) is 15.4 cm³/mol. The van der Waals surface area contributed by atoms with Gasteiger partial charge in [0.05, 0.1) is 0 Å². The minimum atomic E-state index is -3.86. The average Bonchev–Trinajstić information content (AvgIpc) is 0.722. The van der Waals surface area contributed by atoms with Gasteiger partial charge < -0.3 is 5.48 Å². The summed E-state index contributed by atoms with van der Waals surface area (Å²) in [5.41, 5.74) is 0. The minimum absolute atomic E-state index is 0. The van der Waals surface area contributed by atoms with Crippen molar-refractivity contribution in [2.75, 3.05) is 0 Å². The zero-order chi connectivity index (χ0) is 4.50. The Morgan fingerprint density at radius 2 is 1.17 bits per heavy atom. The van der Waals surface area contributed by atoms with Crippen LogP contribution in [0.3, 0.4) is 0 Å². The third kappa shape index (κ3) is 119. The number of halogens is 3. The zero-order valence-corrected chi connectivity index (χ0v) is 5.13. The monoisotopic (exact) mass is 110 g/mol. The number of hydrogen-bond acceptors (Lipinski definition) is 0. The fraction of sp³-hybridized carbons (Fsp3) is 1.00. The van der Waals surface area contributed by atoms with Crippen molar-refractivity contribution in [1.82, 2.24) is 0 Å². The van der Waals surface area contributed by atoms with Crippen molar-refractivity contribution in [2.45, 2.75) is 3.43 Å². The summed E-state index contributed by atoms with van der Waals surface area (Å²) in [5, 5.41) is 0. The van der Waals surface area contributed by atoms with Gasteiger partial charge in [-0.2, -0.15) is 0 Å². The molecule has 34 valence electrons. The molecular weight excluding hydrogens is 108 g/mol. The molecule has 0 bridgehead atoms. The standard InChI is InChI=1S/CF3.Na.H2O/c2-1(3)4;;/h;;1H2. The third-order valence-electron chi connectivity index (χ3n) is 0. The molecule has 0 saturated carbocycles. The van der Waals surface area contributed by atoms with E-state index in [4.69, 9.17) is 0 Å². The molecule has 0 aromatic heterocycles. The summed E-state index contributed by atoms with van der Waals surface area (Å²) in [4.78, 5) is 0. The molecule has 0 rings (SSSR count). The van der Waals surface area contributed by atoms with Crippen LogP contribution in [0.1, 0.15) is 0 Å². The van der Waals surface area contributed by atoms with E-state index in [0.717, 1.165) is 0 Å². The van der Waals surface area contributed by atoms with E-state index in [1.54, 1.807) is 0 Å². The summed E-state index contributed by atoms with van der Waals surface area (Å²) in [6.45, 7) is 0. The Hall–Kier alpha value is 0.750. The van der Waals surface area contributed by atoms with Gasteiger partial charge in [0.15, 0.2) is 0 Å². The van der Waals surface area contributed by atoms with Gasteiger partial charge in [-0.05, 0) is 0 Å². The molecule has 0 unspecified atom stereocenters. The third-order valence-corrected chi connectivity index (χ3v) is 0. The van der Waals surface area contributed by atoms with Gasteiger partial charge in [-0.3, -0.25) is 0 Å². The Bertz CT molecular complexity index is 26.3. The van der Waals surface area contributed by atoms with Crippen molar-refractivity contribution < 1.29 is 18.6 Å².